The van der Waals surface area contributed by atoms with Crippen LogP contribution in [0.5, 0.6) is 0 Å². The zero-order valence-electron chi connectivity index (χ0n) is 6.24. The van der Waals surface area contributed by atoms with E-state index in [1.54, 1.807) is 24.3 Å². The van der Waals surface area contributed by atoms with E-state index >= 15 is 0 Å². The standard InChI is InChI=1S/C8H8ClNO2/c9-12-8(11)7(10)6-4-2-1-3-5-6/h1-5,7H,10H2/t7-/m0/s1. The Morgan fingerprint density at radius 2 is 2.00 bits per heavy atom. The SMILES string of the molecule is N[C@H](C(=O)OCl)c1ccccc1. The molecule has 2 N–H and O–H groups in total. The van der Waals surface area contributed by atoms with Crippen molar-refractivity contribution in [3.63, 3.8) is 0 Å². The monoisotopic (exact) mass is 185 g/mol. The first kappa shape index (κ1) is 9.03. The second kappa shape index (κ2) is 4.09. The van der Waals surface area contributed by atoms with Crippen LogP contribution in [0.25, 0.3) is 0 Å². The molecular formula is C8H8ClNO2. The van der Waals surface area contributed by atoms with Crippen LogP contribution in [0.2, 0.25) is 0 Å². The summed E-state index contributed by atoms with van der Waals surface area (Å²) in [6, 6.07) is 8.08. The molecule has 0 radical (unpaired) electrons. The van der Waals surface area contributed by atoms with E-state index < -0.39 is 12.0 Å². The van der Waals surface area contributed by atoms with Gasteiger partial charge in [-0.2, -0.15) is 0 Å². The highest BCUT2D eigenvalue weighted by Crippen LogP contribution is 2.11. The van der Waals surface area contributed by atoms with E-state index in [0.717, 1.165) is 0 Å². The van der Waals surface area contributed by atoms with Gasteiger partial charge in [0.15, 0.2) is 0 Å². The summed E-state index contributed by atoms with van der Waals surface area (Å²) in [6.07, 6.45) is 0. The molecule has 0 aliphatic carbocycles. The van der Waals surface area contributed by atoms with E-state index in [2.05, 4.69) is 4.29 Å². The van der Waals surface area contributed by atoms with Crippen LogP contribution in [0.4, 0.5) is 0 Å². The Bertz CT molecular complexity index is 263. The minimum Gasteiger partial charge on any atom is -0.346 e. The van der Waals surface area contributed by atoms with E-state index in [1.165, 1.54) is 0 Å². The molecule has 0 aliphatic rings. The number of carbonyl (C=O) groups excluding carboxylic acids is 1. The Balaban J connectivity index is 2.78. The van der Waals surface area contributed by atoms with Crippen molar-refractivity contribution in [3.8, 4) is 0 Å². The van der Waals surface area contributed by atoms with E-state index in [0.29, 0.717) is 5.56 Å². The molecule has 12 heavy (non-hydrogen) atoms. The molecule has 0 fully saturated rings. The highest BCUT2D eigenvalue weighted by molar-refractivity contribution is 6.13. The average molecular weight is 186 g/mol. The minimum atomic E-state index is -0.802. The van der Waals surface area contributed by atoms with Crippen LogP contribution in [-0.2, 0) is 9.08 Å². The molecule has 0 unspecified atom stereocenters. The zero-order valence-corrected chi connectivity index (χ0v) is 6.99. The van der Waals surface area contributed by atoms with Gasteiger partial charge in [0.2, 0.25) is 0 Å². The lowest BCUT2D eigenvalue weighted by atomic mass is 10.1. The Morgan fingerprint density at radius 3 is 2.50 bits per heavy atom. The third-order valence-corrected chi connectivity index (χ3v) is 1.64. The second-order valence-corrected chi connectivity index (χ2v) is 2.44. The van der Waals surface area contributed by atoms with Crippen LogP contribution >= 0.6 is 11.9 Å². The van der Waals surface area contributed by atoms with Crippen LogP contribution in [0.15, 0.2) is 30.3 Å². The van der Waals surface area contributed by atoms with Gasteiger partial charge in [-0.05, 0) is 5.56 Å². The second-order valence-electron chi connectivity index (χ2n) is 2.28. The van der Waals surface area contributed by atoms with Crippen LogP contribution < -0.4 is 5.73 Å². The summed E-state index contributed by atoms with van der Waals surface area (Å²) in [5, 5.41) is 0. The maximum atomic E-state index is 10.8. The molecular weight excluding hydrogens is 178 g/mol. The summed E-state index contributed by atoms with van der Waals surface area (Å²) in [5.41, 5.74) is 6.17. The largest absolute Gasteiger partial charge is 0.346 e. The van der Waals surface area contributed by atoms with Crippen LogP contribution in [-0.4, -0.2) is 5.97 Å². The molecule has 0 saturated carbocycles. The molecule has 0 spiro atoms. The summed E-state index contributed by atoms with van der Waals surface area (Å²) in [5.74, 6) is -0.650. The van der Waals surface area contributed by atoms with Crippen molar-refractivity contribution in [1.82, 2.24) is 0 Å². The maximum absolute atomic E-state index is 10.8. The number of benzene rings is 1. The summed E-state index contributed by atoms with van der Waals surface area (Å²) in [6.45, 7) is 0. The van der Waals surface area contributed by atoms with Crippen molar-refractivity contribution in [2.75, 3.05) is 0 Å². The highest BCUT2D eigenvalue weighted by atomic mass is 35.5. The van der Waals surface area contributed by atoms with E-state index in [9.17, 15) is 4.79 Å². The summed E-state index contributed by atoms with van der Waals surface area (Å²) >= 11 is 4.87. The predicted molar refractivity (Wildman–Crippen MR) is 45.3 cm³/mol. The first-order valence-corrected chi connectivity index (χ1v) is 3.69. The third-order valence-electron chi connectivity index (χ3n) is 1.49. The molecule has 1 aromatic carbocycles. The lowest BCUT2D eigenvalue weighted by molar-refractivity contribution is -0.135. The Hall–Kier alpha value is -1.06. The number of nitrogens with two attached hydrogens (primary N) is 1. The van der Waals surface area contributed by atoms with Gasteiger partial charge in [0.05, 0.1) is 0 Å². The van der Waals surface area contributed by atoms with Crippen molar-refractivity contribution < 1.29 is 9.08 Å². The molecule has 1 aromatic rings. The molecule has 0 amide bonds. The lowest BCUT2D eigenvalue weighted by Gasteiger charge is -2.06. The minimum absolute atomic E-state index is 0.650. The fourth-order valence-corrected chi connectivity index (χ4v) is 0.940. The lowest BCUT2D eigenvalue weighted by Crippen LogP contribution is -2.21. The topological polar surface area (TPSA) is 52.3 Å². The average Bonchev–Trinajstić information content (AvgIpc) is 2.17. The molecule has 0 aromatic heterocycles. The molecule has 0 bridgehead atoms. The number of halogens is 1. The fraction of sp³-hybridized carbons (Fsp3) is 0.125. The first-order valence-electron chi connectivity index (χ1n) is 3.38. The van der Waals surface area contributed by atoms with Crippen LogP contribution in [0.1, 0.15) is 11.6 Å². The van der Waals surface area contributed by atoms with E-state index in [-0.39, 0.29) is 0 Å². The molecule has 0 aliphatic heterocycles. The number of rotatable bonds is 2. The number of carbonyl (C=O) groups is 1. The van der Waals surface area contributed by atoms with Gasteiger partial charge >= 0.3 is 5.97 Å². The van der Waals surface area contributed by atoms with Gasteiger partial charge < -0.3 is 10.0 Å². The van der Waals surface area contributed by atoms with Gasteiger partial charge in [0.25, 0.3) is 0 Å². The third kappa shape index (κ3) is 1.96. The Morgan fingerprint density at radius 1 is 1.42 bits per heavy atom. The molecule has 3 nitrogen and oxygen atoms in total. The van der Waals surface area contributed by atoms with Gasteiger partial charge in [0.1, 0.15) is 17.9 Å². The quantitative estimate of drug-likeness (QED) is 0.758. The van der Waals surface area contributed by atoms with Gasteiger partial charge in [-0.3, -0.25) is 0 Å². The number of hydrogen-bond acceptors (Lipinski definition) is 3. The van der Waals surface area contributed by atoms with E-state index in [1.807, 2.05) is 6.07 Å². The Kier molecular flexibility index (Phi) is 3.08. The highest BCUT2D eigenvalue weighted by Gasteiger charge is 2.16. The molecule has 1 atom stereocenters. The van der Waals surface area contributed by atoms with Crippen LogP contribution in [0, 0.1) is 0 Å². The summed E-state index contributed by atoms with van der Waals surface area (Å²) in [4.78, 5) is 10.8. The van der Waals surface area contributed by atoms with Gasteiger partial charge in [-0.1, -0.05) is 30.3 Å². The Labute approximate surface area is 75.3 Å². The molecule has 0 saturated heterocycles. The van der Waals surface area contributed by atoms with Gasteiger partial charge in [-0.15, -0.1) is 0 Å². The smallest absolute Gasteiger partial charge is 0.345 e. The molecule has 0 heterocycles. The van der Waals surface area contributed by atoms with Crippen molar-refractivity contribution in [3.05, 3.63) is 35.9 Å². The van der Waals surface area contributed by atoms with Crippen molar-refractivity contribution in [2.24, 2.45) is 5.73 Å². The first-order chi connectivity index (χ1) is 5.75. The van der Waals surface area contributed by atoms with Crippen molar-refractivity contribution in [2.45, 2.75) is 6.04 Å². The van der Waals surface area contributed by atoms with Crippen LogP contribution in [0.3, 0.4) is 0 Å². The fourth-order valence-electron chi connectivity index (χ4n) is 0.844. The van der Waals surface area contributed by atoms with Gasteiger partial charge in [-0.25, -0.2) is 4.79 Å². The maximum Gasteiger partial charge on any atom is 0.345 e. The zero-order chi connectivity index (χ0) is 8.97. The number of hydrogen-bond donors (Lipinski definition) is 1. The summed E-state index contributed by atoms with van der Waals surface area (Å²) < 4.78 is 3.97. The molecule has 64 valence electrons. The summed E-state index contributed by atoms with van der Waals surface area (Å²) in [7, 11) is 0. The van der Waals surface area contributed by atoms with Gasteiger partial charge in [0, 0.05) is 0 Å². The van der Waals surface area contributed by atoms with E-state index in [4.69, 9.17) is 17.6 Å². The predicted octanol–water partition coefficient (Wildman–Crippen LogP) is 1.38. The van der Waals surface area contributed by atoms with Crippen molar-refractivity contribution in [1.29, 1.82) is 0 Å². The molecule has 1 rings (SSSR count). The van der Waals surface area contributed by atoms with Crippen molar-refractivity contribution >= 4 is 17.8 Å². The normalized spacial score (nSPS) is 12.2. The molecule has 4 heteroatoms.